The van der Waals surface area contributed by atoms with Gasteiger partial charge in [0.1, 0.15) is 0 Å². The summed E-state index contributed by atoms with van der Waals surface area (Å²) in [5.74, 6) is 0. The highest BCUT2D eigenvalue weighted by atomic mass is 32.1. The number of benzene rings is 8. The van der Waals surface area contributed by atoms with E-state index in [1.165, 1.54) is 97.0 Å². The third kappa shape index (κ3) is 3.61. The molecule has 9 aromatic rings. The van der Waals surface area contributed by atoms with Crippen LogP contribution in [0.25, 0.3) is 85.9 Å². The highest BCUT2D eigenvalue weighted by Gasteiger charge is 2.34. The lowest BCUT2D eigenvalue weighted by Gasteiger charge is -2.21. The molecule has 0 unspecified atom stereocenters. The van der Waals surface area contributed by atoms with E-state index in [4.69, 9.17) is 0 Å². The van der Waals surface area contributed by atoms with Crippen molar-refractivity contribution >= 4 is 63.8 Å². The first kappa shape index (κ1) is 26.0. The van der Waals surface area contributed by atoms with E-state index in [9.17, 15) is 0 Å². The summed E-state index contributed by atoms with van der Waals surface area (Å²) in [7, 11) is 0. The van der Waals surface area contributed by atoms with E-state index in [2.05, 4.69) is 159 Å². The Kier molecular flexibility index (Phi) is 5.31. The average molecular weight is 603 g/mol. The van der Waals surface area contributed by atoms with E-state index < -0.39 is 0 Å². The highest BCUT2D eigenvalue weighted by molar-refractivity contribution is 7.25. The molecule has 216 valence electrons. The summed E-state index contributed by atoms with van der Waals surface area (Å²) < 4.78 is 2.68. The molecule has 0 saturated carbocycles. The Morgan fingerprint density at radius 1 is 0.348 bits per heavy atom. The molecule has 1 heteroatoms. The maximum absolute atomic E-state index is 2.42. The van der Waals surface area contributed by atoms with Crippen molar-refractivity contribution in [3.05, 3.63) is 157 Å². The van der Waals surface area contributed by atoms with Gasteiger partial charge in [-0.15, -0.1) is 11.3 Å². The number of thiophene rings is 1. The summed E-state index contributed by atoms with van der Waals surface area (Å²) in [4.78, 5) is 0. The van der Waals surface area contributed by atoms with Gasteiger partial charge in [0, 0.05) is 25.6 Å². The fraction of sp³-hybridized carbons (Fsp3) is 0.0667. The molecule has 1 aromatic heterocycles. The van der Waals surface area contributed by atoms with Crippen LogP contribution in [0.2, 0.25) is 0 Å². The maximum atomic E-state index is 2.42. The van der Waals surface area contributed by atoms with Gasteiger partial charge in [-0.3, -0.25) is 0 Å². The van der Waals surface area contributed by atoms with Crippen LogP contribution in [0.1, 0.15) is 25.0 Å². The van der Waals surface area contributed by atoms with Gasteiger partial charge in [-0.2, -0.15) is 0 Å². The molecular formula is C45H30S. The molecule has 0 spiro atoms. The zero-order chi connectivity index (χ0) is 30.6. The first-order valence-corrected chi connectivity index (χ1v) is 16.9. The van der Waals surface area contributed by atoms with Crippen LogP contribution >= 0.6 is 11.3 Å². The van der Waals surface area contributed by atoms with Crippen molar-refractivity contribution in [2.75, 3.05) is 0 Å². The third-order valence-corrected chi connectivity index (χ3v) is 11.6. The van der Waals surface area contributed by atoms with Gasteiger partial charge in [-0.05, 0) is 113 Å². The van der Waals surface area contributed by atoms with Crippen molar-refractivity contribution in [3.63, 3.8) is 0 Å². The molecule has 8 aromatic carbocycles. The SMILES string of the molecule is CC1(C)c2cccc3c4ccc(-c5cccc(-c6cccc(-c7ccc8sc9ccccc9c8c7)c6)c5)cc4c4cccc1c4c23. The predicted molar refractivity (Wildman–Crippen MR) is 200 cm³/mol. The molecule has 0 saturated heterocycles. The number of rotatable bonds is 3. The first-order valence-electron chi connectivity index (χ1n) is 16.1. The van der Waals surface area contributed by atoms with Crippen LogP contribution in [0.3, 0.4) is 0 Å². The van der Waals surface area contributed by atoms with E-state index in [1.54, 1.807) is 0 Å². The van der Waals surface area contributed by atoms with Crippen LogP contribution in [0.5, 0.6) is 0 Å². The quantitative estimate of drug-likeness (QED) is 0.177. The standard InChI is InChI=1S/C45H30S/c1-45(2)39-16-7-14-35-33-21-19-31(25-37(33)36-15-8-17-40(45)44(36)43(35)39)29-11-5-9-27(23-29)28-10-6-12-30(24-28)32-20-22-42-38(26-32)34-13-3-4-18-41(34)46-42/h3-26H,1-2H3. The Bertz CT molecular complexity index is 2720. The lowest BCUT2D eigenvalue weighted by Crippen LogP contribution is -2.14. The van der Waals surface area contributed by atoms with Gasteiger partial charge in [0.15, 0.2) is 0 Å². The Labute approximate surface area is 272 Å². The van der Waals surface area contributed by atoms with Crippen molar-refractivity contribution in [2.24, 2.45) is 0 Å². The molecule has 0 aliphatic heterocycles. The lowest BCUT2D eigenvalue weighted by molar-refractivity contribution is 0.663. The van der Waals surface area contributed by atoms with Crippen molar-refractivity contribution in [1.82, 2.24) is 0 Å². The Balaban J connectivity index is 1.09. The zero-order valence-corrected chi connectivity index (χ0v) is 26.6. The largest absolute Gasteiger partial charge is 0.135 e. The zero-order valence-electron chi connectivity index (χ0n) is 25.8. The minimum atomic E-state index is 0.00762. The molecule has 0 radical (unpaired) electrons. The molecule has 1 aliphatic rings. The minimum absolute atomic E-state index is 0.00762. The van der Waals surface area contributed by atoms with Gasteiger partial charge in [0.25, 0.3) is 0 Å². The summed E-state index contributed by atoms with van der Waals surface area (Å²) in [5.41, 5.74) is 10.4. The first-order chi connectivity index (χ1) is 22.5. The van der Waals surface area contributed by atoms with Crippen LogP contribution in [-0.4, -0.2) is 0 Å². The van der Waals surface area contributed by atoms with Gasteiger partial charge in [0.05, 0.1) is 0 Å². The summed E-state index contributed by atoms with van der Waals surface area (Å²) in [6, 6.07) is 54.5. The van der Waals surface area contributed by atoms with E-state index in [0.29, 0.717) is 0 Å². The maximum Gasteiger partial charge on any atom is 0.0355 e. The molecule has 0 atom stereocenters. The fourth-order valence-corrected chi connectivity index (χ4v) is 9.21. The van der Waals surface area contributed by atoms with Gasteiger partial charge >= 0.3 is 0 Å². The van der Waals surface area contributed by atoms with Gasteiger partial charge in [-0.1, -0.05) is 123 Å². The summed E-state index contributed by atoms with van der Waals surface area (Å²) in [6.45, 7) is 4.74. The van der Waals surface area contributed by atoms with Crippen molar-refractivity contribution in [2.45, 2.75) is 19.3 Å². The second-order valence-electron chi connectivity index (χ2n) is 13.3. The van der Waals surface area contributed by atoms with Crippen molar-refractivity contribution in [3.8, 4) is 33.4 Å². The fourth-order valence-electron chi connectivity index (χ4n) is 8.12. The van der Waals surface area contributed by atoms with Crippen molar-refractivity contribution < 1.29 is 0 Å². The lowest BCUT2D eigenvalue weighted by atomic mass is 9.82. The summed E-state index contributed by atoms with van der Waals surface area (Å²) >= 11 is 1.87. The monoisotopic (exact) mass is 602 g/mol. The summed E-state index contributed by atoms with van der Waals surface area (Å²) in [5, 5.41) is 10.9. The molecule has 0 amide bonds. The number of hydrogen-bond acceptors (Lipinski definition) is 1. The second-order valence-corrected chi connectivity index (χ2v) is 14.4. The van der Waals surface area contributed by atoms with Crippen LogP contribution in [0.15, 0.2) is 146 Å². The summed E-state index contributed by atoms with van der Waals surface area (Å²) in [6.07, 6.45) is 0. The molecule has 0 fully saturated rings. The third-order valence-electron chi connectivity index (χ3n) is 10.4. The minimum Gasteiger partial charge on any atom is -0.135 e. The molecule has 0 nitrogen and oxygen atoms in total. The predicted octanol–water partition coefficient (Wildman–Crippen LogP) is 13.2. The Morgan fingerprint density at radius 3 is 1.48 bits per heavy atom. The van der Waals surface area contributed by atoms with Crippen LogP contribution in [0.4, 0.5) is 0 Å². The smallest absolute Gasteiger partial charge is 0.0355 e. The highest BCUT2D eigenvalue weighted by Crippen LogP contribution is 2.51. The number of hydrogen-bond donors (Lipinski definition) is 0. The molecule has 1 heterocycles. The van der Waals surface area contributed by atoms with E-state index >= 15 is 0 Å². The van der Waals surface area contributed by atoms with E-state index in [-0.39, 0.29) is 5.41 Å². The molecule has 10 rings (SSSR count). The molecule has 0 bridgehead atoms. The Hall–Kier alpha value is -5.24. The average Bonchev–Trinajstić information content (AvgIpc) is 3.60. The molecule has 1 aliphatic carbocycles. The van der Waals surface area contributed by atoms with E-state index in [0.717, 1.165) is 0 Å². The van der Waals surface area contributed by atoms with Gasteiger partial charge in [0.2, 0.25) is 0 Å². The van der Waals surface area contributed by atoms with Gasteiger partial charge in [-0.25, -0.2) is 0 Å². The molecule has 0 N–H and O–H groups in total. The van der Waals surface area contributed by atoms with Gasteiger partial charge < -0.3 is 0 Å². The van der Waals surface area contributed by atoms with Crippen molar-refractivity contribution in [1.29, 1.82) is 0 Å². The topological polar surface area (TPSA) is 0 Å². The second kappa shape index (κ2) is 9.39. The molecule has 46 heavy (non-hydrogen) atoms. The van der Waals surface area contributed by atoms with Crippen LogP contribution in [0, 0.1) is 0 Å². The number of fused-ring (bicyclic) bond motifs is 6. The Morgan fingerprint density at radius 2 is 0.826 bits per heavy atom. The van der Waals surface area contributed by atoms with Crippen LogP contribution < -0.4 is 0 Å². The van der Waals surface area contributed by atoms with E-state index in [1.807, 2.05) is 11.3 Å². The normalized spacial score (nSPS) is 13.6. The molecular weight excluding hydrogens is 573 g/mol. The van der Waals surface area contributed by atoms with Crippen LogP contribution in [-0.2, 0) is 5.41 Å².